The maximum Gasteiger partial charge on any atom is -0.0202 e. The molecule has 0 saturated heterocycles. The first-order chi connectivity index (χ1) is 5.69. The topological polar surface area (TPSA) is 0 Å². The molecule has 0 bridgehead atoms. The number of hydrogen-bond donors (Lipinski definition) is 0. The minimum atomic E-state index is 0.705. The molecule has 0 amide bonds. The summed E-state index contributed by atoms with van der Waals surface area (Å²) < 4.78 is 0. The highest BCUT2D eigenvalue weighted by Gasteiger charge is 2.29. The van der Waals surface area contributed by atoms with Gasteiger partial charge in [0.25, 0.3) is 0 Å². The Morgan fingerprint density at radius 3 is 2.25 bits per heavy atom. The van der Waals surface area contributed by atoms with E-state index < -0.39 is 0 Å². The highest BCUT2D eigenvalue weighted by Crippen LogP contribution is 2.38. The first-order valence-corrected chi connectivity index (χ1v) is 4.94. The molecular formula is C12H20. The average Bonchev–Trinajstić information content (AvgIpc) is 2.09. The van der Waals surface area contributed by atoms with Crippen molar-refractivity contribution < 1.29 is 0 Å². The second kappa shape index (κ2) is 3.93. The van der Waals surface area contributed by atoms with Crippen molar-refractivity contribution in [3.63, 3.8) is 0 Å². The van der Waals surface area contributed by atoms with Crippen LogP contribution in [0.25, 0.3) is 0 Å². The van der Waals surface area contributed by atoms with Gasteiger partial charge in [-0.05, 0) is 36.5 Å². The highest BCUT2D eigenvalue weighted by molar-refractivity contribution is 4.95. The van der Waals surface area contributed by atoms with Crippen LogP contribution in [0.3, 0.4) is 0 Å². The Morgan fingerprint density at radius 1 is 1.08 bits per heavy atom. The molecule has 0 aromatic carbocycles. The van der Waals surface area contributed by atoms with Gasteiger partial charge in [0.15, 0.2) is 0 Å². The van der Waals surface area contributed by atoms with Gasteiger partial charge in [0, 0.05) is 0 Å². The molecule has 0 heterocycles. The second-order valence-electron chi connectivity index (χ2n) is 4.20. The summed E-state index contributed by atoms with van der Waals surface area (Å²) in [6.45, 7) is 12.5. The maximum atomic E-state index is 3.90. The van der Waals surface area contributed by atoms with Gasteiger partial charge in [-0.25, -0.2) is 0 Å². The SMILES string of the molecule is C=C[C@@H]1C[C@@H](C)[C@@H](C)[C@@H](C=C)C1. The molecule has 1 aliphatic carbocycles. The normalized spacial score (nSPS) is 42.2. The summed E-state index contributed by atoms with van der Waals surface area (Å²) in [6.07, 6.45) is 6.81. The van der Waals surface area contributed by atoms with E-state index in [0.717, 1.165) is 17.8 Å². The fourth-order valence-electron chi connectivity index (χ4n) is 2.28. The minimum Gasteiger partial charge on any atom is -0.103 e. The molecule has 1 fully saturated rings. The van der Waals surface area contributed by atoms with Gasteiger partial charge in [-0.1, -0.05) is 26.0 Å². The molecule has 0 heteroatoms. The summed E-state index contributed by atoms with van der Waals surface area (Å²) in [5.74, 6) is 3.06. The van der Waals surface area contributed by atoms with Crippen molar-refractivity contribution in [2.45, 2.75) is 26.7 Å². The Morgan fingerprint density at radius 2 is 1.75 bits per heavy atom. The molecular weight excluding hydrogens is 144 g/mol. The molecule has 1 saturated carbocycles. The van der Waals surface area contributed by atoms with Crippen molar-refractivity contribution in [1.29, 1.82) is 0 Å². The van der Waals surface area contributed by atoms with Crippen LogP contribution in [0.2, 0.25) is 0 Å². The lowest BCUT2D eigenvalue weighted by molar-refractivity contribution is 0.184. The Labute approximate surface area is 76.4 Å². The minimum absolute atomic E-state index is 0.705. The maximum absolute atomic E-state index is 3.90. The van der Waals surface area contributed by atoms with Gasteiger partial charge in [0.2, 0.25) is 0 Å². The summed E-state index contributed by atoms with van der Waals surface area (Å²) in [4.78, 5) is 0. The monoisotopic (exact) mass is 164 g/mol. The average molecular weight is 164 g/mol. The van der Waals surface area contributed by atoms with E-state index in [4.69, 9.17) is 0 Å². The van der Waals surface area contributed by atoms with E-state index in [1.54, 1.807) is 0 Å². The van der Waals surface area contributed by atoms with E-state index in [1.807, 2.05) is 0 Å². The van der Waals surface area contributed by atoms with Crippen LogP contribution in [0, 0.1) is 23.7 Å². The van der Waals surface area contributed by atoms with Crippen LogP contribution < -0.4 is 0 Å². The van der Waals surface area contributed by atoms with Crippen molar-refractivity contribution >= 4 is 0 Å². The molecule has 0 nitrogen and oxygen atoms in total. The lowest BCUT2D eigenvalue weighted by Gasteiger charge is -2.36. The van der Waals surface area contributed by atoms with Crippen LogP contribution in [0.15, 0.2) is 25.3 Å². The van der Waals surface area contributed by atoms with E-state index in [-0.39, 0.29) is 0 Å². The Balaban J connectivity index is 2.63. The van der Waals surface area contributed by atoms with Crippen molar-refractivity contribution in [3.8, 4) is 0 Å². The fraction of sp³-hybridized carbons (Fsp3) is 0.667. The molecule has 0 aromatic heterocycles. The summed E-state index contributed by atoms with van der Waals surface area (Å²) >= 11 is 0. The molecule has 0 aliphatic heterocycles. The van der Waals surface area contributed by atoms with Crippen molar-refractivity contribution in [2.24, 2.45) is 23.7 Å². The van der Waals surface area contributed by atoms with Crippen LogP contribution in [-0.4, -0.2) is 0 Å². The molecule has 12 heavy (non-hydrogen) atoms. The van der Waals surface area contributed by atoms with E-state index in [2.05, 4.69) is 39.2 Å². The Bertz CT molecular complexity index is 169. The van der Waals surface area contributed by atoms with Gasteiger partial charge in [-0.2, -0.15) is 0 Å². The molecule has 0 aromatic rings. The third-order valence-electron chi connectivity index (χ3n) is 3.46. The lowest BCUT2D eigenvalue weighted by atomic mass is 9.69. The zero-order chi connectivity index (χ0) is 9.14. The predicted octanol–water partition coefficient (Wildman–Crippen LogP) is 3.66. The van der Waals surface area contributed by atoms with Crippen LogP contribution in [0.4, 0.5) is 0 Å². The van der Waals surface area contributed by atoms with Crippen molar-refractivity contribution in [1.82, 2.24) is 0 Å². The van der Waals surface area contributed by atoms with Crippen LogP contribution >= 0.6 is 0 Å². The summed E-state index contributed by atoms with van der Waals surface area (Å²) in [5, 5.41) is 0. The zero-order valence-electron chi connectivity index (χ0n) is 8.29. The summed E-state index contributed by atoms with van der Waals surface area (Å²) in [5.41, 5.74) is 0. The molecule has 1 aliphatic rings. The molecule has 1 rings (SSSR count). The molecule has 0 radical (unpaired) electrons. The van der Waals surface area contributed by atoms with Gasteiger partial charge in [-0.3, -0.25) is 0 Å². The Kier molecular flexibility index (Phi) is 3.13. The molecule has 0 N–H and O–H groups in total. The first kappa shape index (κ1) is 9.57. The molecule has 0 spiro atoms. The van der Waals surface area contributed by atoms with E-state index in [9.17, 15) is 0 Å². The third-order valence-corrected chi connectivity index (χ3v) is 3.46. The van der Waals surface area contributed by atoms with Gasteiger partial charge < -0.3 is 0 Å². The van der Waals surface area contributed by atoms with Gasteiger partial charge in [0.1, 0.15) is 0 Å². The number of rotatable bonds is 2. The number of hydrogen-bond acceptors (Lipinski definition) is 0. The van der Waals surface area contributed by atoms with Gasteiger partial charge >= 0.3 is 0 Å². The van der Waals surface area contributed by atoms with Crippen LogP contribution in [0.5, 0.6) is 0 Å². The lowest BCUT2D eigenvalue weighted by Crippen LogP contribution is -2.27. The van der Waals surface area contributed by atoms with Crippen molar-refractivity contribution in [3.05, 3.63) is 25.3 Å². The predicted molar refractivity (Wildman–Crippen MR) is 54.9 cm³/mol. The summed E-state index contributed by atoms with van der Waals surface area (Å²) in [7, 11) is 0. The Hall–Kier alpha value is -0.520. The van der Waals surface area contributed by atoms with Gasteiger partial charge in [-0.15, -0.1) is 13.2 Å². The standard InChI is InChI=1S/C12H20/c1-5-11-7-9(3)10(4)12(6-2)8-11/h5-6,9-12H,1-2,7-8H2,3-4H3/t9-,10-,11-,12+/m1/s1. The smallest absolute Gasteiger partial charge is 0.0202 e. The largest absolute Gasteiger partial charge is 0.103 e. The van der Waals surface area contributed by atoms with E-state index in [1.165, 1.54) is 12.8 Å². The van der Waals surface area contributed by atoms with Crippen LogP contribution in [-0.2, 0) is 0 Å². The summed E-state index contributed by atoms with van der Waals surface area (Å²) in [6, 6.07) is 0. The molecule has 4 atom stereocenters. The van der Waals surface area contributed by atoms with Gasteiger partial charge in [0.05, 0.1) is 0 Å². The first-order valence-electron chi connectivity index (χ1n) is 4.94. The third kappa shape index (κ3) is 1.80. The van der Waals surface area contributed by atoms with Crippen LogP contribution in [0.1, 0.15) is 26.7 Å². The van der Waals surface area contributed by atoms with E-state index >= 15 is 0 Å². The quantitative estimate of drug-likeness (QED) is 0.546. The highest BCUT2D eigenvalue weighted by atomic mass is 14.3. The van der Waals surface area contributed by atoms with Crippen molar-refractivity contribution in [2.75, 3.05) is 0 Å². The molecule has 0 unspecified atom stereocenters. The molecule has 68 valence electrons. The fourth-order valence-corrected chi connectivity index (χ4v) is 2.28. The number of allylic oxidation sites excluding steroid dienone is 2. The van der Waals surface area contributed by atoms with E-state index in [0.29, 0.717) is 5.92 Å². The zero-order valence-corrected chi connectivity index (χ0v) is 8.29. The second-order valence-corrected chi connectivity index (χ2v) is 4.20.